The lowest BCUT2D eigenvalue weighted by molar-refractivity contribution is 0.182. The molecular weight excluding hydrogens is 154 g/mol. The van der Waals surface area contributed by atoms with Crippen molar-refractivity contribution in [1.82, 2.24) is 4.90 Å². The van der Waals surface area contributed by atoms with Crippen molar-refractivity contribution in [1.29, 1.82) is 0 Å². The molecular formula is C9H17NO2. The number of hydrogen-bond donors (Lipinski definition) is 0. The summed E-state index contributed by atoms with van der Waals surface area (Å²) < 4.78 is 10.4. The minimum atomic E-state index is 0.506. The first kappa shape index (κ1) is 8.48. The smallest absolute Gasteiger partial charge is 0.0936 e. The maximum absolute atomic E-state index is 5.21. The van der Waals surface area contributed by atoms with Crippen LogP contribution >= 0.6 is 0 Å². The second kappa shape index (κ2) is 3.32. The average molecular weight is 171 g/mol. The Kier molecular flexibility index (Phi) is 2.35. The van der Waals surface area contributed by atoms with Crippen molar-refractivity contribution in [3.05, 3.63) is 0 Å². The summed E-state index contributed by atoms with van der Waals surface area (Å²) in [6.45, 7) is 8.52. The van der Waals surface area contributed by atoms with E-state index < -0.39 is 0 Å². The molecule has 0 spiro atoms. The minimum absolute atomic E-state index is 0.506. The van der Waals surface area contributed by atoms with E-state index >= 15 is 0 Å². The van der Waals surface area contributed by atoms with Crippen molar-refractivity contribution in [3.63, 3.8) is 0 Å². The fourth-order valence-corrected chi connectivity index (χ4v) is 1.37. The van der Waals surface area contributed by atoms with E-state index in [1.165, 1.54) is 0 Å². The molecule has 2 heterocycles. The molecule has 2 saturated heterocycles. The summed E-state index contributed by atoms with van der Waals surface area (Å²) in [5, 5.41) is 0. The van der Waals surface area contributed by atoms with Gasteiger partial charge in [0.1, 0.15) is 0 Å². The highest BCUT2D eigenvalue weighted by Gasteiger charge is 2.31. The van der Waals surface area contributed by atoms with Crippen LogP contribution < -0.4 is 0 Å². The lowest BCUT2D eigenvalue weighted by Gasteiger charge is -2.24. The zero-order valence-electron chi connectivity index (χ0n) is 7.82. The van der Waals surface area contributed by atoms with Crippen LogP contribution in [-0.4, -0.2) is 49.5 Å². The third-order valence-corrected chi connectivity index (χ3v) is 2.41. The number of nitrogens with zero attached hydrogens (tertiary/aromatic N) is 1. The van der Waals surface area contributed by atoms with Crippen LogP contribution in [0, 0.1) is 0 Å². The summed E-state index contributed by atoms with van der Waals surface area (Å²) in [5.41, 5.74) is 0. The van der Waals surface area contributed by atoms with Gasteiger partial charge in [-0.2, -0.15) is 0 Å². The summed E-state index contributed by atoms with van der Waals surface area (Å²) in [6, 6.07) is 0.610. The first-order chi connectivity index (χ1) is 5.75. The second-order valence-electron chi connectivity index (χ2n) is 3.96. The molecule has 0 radical (unpaired) electrons. The highest BCUT2D eigenvalue weighted by atomic mass is 16.6. The molecule has 0 bridgehead atoms. The SMILES string of the molecule is CC(C)N(CC1CO1)CC1CO1. The van der Waals surface area contributed by atoms with E-state index in [-0.39, 0.29) is 0 Å². The molecule has 2 atom stereocenters. The van der Waals surface area contributed by atoms with Crippen LogP contribution in [-0.2, 0) is 9.47 Å². The molecule has 12 heavy (non-hydrogen) atoms. The van der Waals surface area contributed by atoms with Gasteiger partial charge in [0.15, 0.2) is 0 Å². The maximum atomic E-state index is 5.21. The molecule has 0 amide bonds. The lowest BCUT2D eigenvalue weighted by atomic mass is 10.2. The Bertz CT molecular complexity index is 139. The fraction of sp³-hybridized carbons (Fsp3) is 1.00. The Balaban J connectivity index is 1.74. The molecule has 0 aromatic rings. The summed E-state index contributed by atoms with van der Waals surface area (Å²) >= 11 is 0. The molecule has 0 aromatic heterocycles. The topological polar surface area (TPSA) is 28.3 Å². The Morgan fingerprint density at radius 3 is 1.83 bits per heavy atom. The van der Waals surface area contributed by atoms with E-state index in [1.807, 2.05) is 0 Å². The molecule has 0 aliphatic carbocycles. The summed E-state index contributed by atoms with van der Waals surface area (Å²) in [7, 11) is 0. The van der Waals surface area contributed by atoms with Crippen LogP contribution in [0.25, 0.3) is 0 Å². The zero-order chi connectivity index (χ0) is 8.55. The predicted octanol–water partition coefficient (Wildman–Crippen LogP) is 0.494. The Morgan fingerprint density at radius 2 is 1.58 bits per heavy atom. The zero-order valence-corrected chi connectivity index (χ0v) is 7.82. The molecule has 2 aliphatic rings. The summed E-state index contributed by atoms with van der Waals surface area (Å²) in [5.74, 6) is 0. The van der Waals surface area contributed by atoms with Crippen molar-refractivity contribution in [2.24, 2.45) is 0 Å². The van der Waals surface area contributed by atoms with E-state index in [4.69, 9.17) is 9.47 Å². The minimum Gasteiger partial charge on any atom is -0.372 e. The van der Waals surface area contributed by atoms with E-state index in [0.29, 0.717) is 18.2 Å². The predicted molar refractivity (Wildman–Crippen MR) is 46.2 cm³/mol. The van der Waals surface area contributed by atoms with Crippen LogP contribution in [0.1, 0.15) is 13.8 Å². The lowest BCUT2D eigenvalue weighted by Crippen LogP contribution is -2.37. The van der Waals surface area contributed by atoms with Gasteiger partial charge < -0.3 is 9.47 Å². The monoisotopic (exact) mass is 171 g/mol. The third-order valence-electron chi connectivity index (χ3n) is 2.41. The molecule has 70 valence electrons. The molecule has 3 heteroatoms. The molecule has 0 aromatic carbocycles. The molecule has 2 fully saturated rings. The van der Waals surface area contributed by atoms with Crippen LogP contribution in [0.3, 0.4) is 0 Å². The molecule has 3 nitrogen and oxygen atoms in total. The molecule has 2 aliphatic heterocycles. The van der Waals surface area contributed by atoms with Crippen molar-refractivity contribution in [2.75, 3.05) is 26.3 Å². The van der Waals surface area contributed by atoms with Gasteiger partial charge in [0.05, 0.1) is 25.4 Å². The standard InChI is InChI=1S/C9H17NO2/c1-7(2)10(3-8-5-11-8)4-9-6-12-9/h7-9H,3-6H2,1-2H3. The van der Waals surface area contributed by atoms with E-state index in [0.717, 1.165) is 26.3 Å². The van der Waals surface area contributed by atoms with Crippen molar-refractivity contribution >= 4 is 0 Å². The summed E-state index contributed by atoms with van der Waals surface area (Å²) in [4.78, 5) is 2.44. The van der Waals surface area contributed by atoms with E-state index in [1.54, 1.807) is 0 Å². The third kappa shape index (κ3) is 2.44. The highest BCUT2D eigenvalue weighted by Crippen LogP contribution is 2.17. The van der Waals surface area contributed by atoms with Gasteiger partial charge in [-0.1, -0.05) is 0 Å². The van der Waals surface area contributed by atoms with E-state index in [9.17, 15) is 0 Å². The van der Waals surface area contributed by atoms with Gasteiger partial charge in [0.2, 0.25) is 0 Å². The van der Waals surface area contributed by atoms with Gasteiger partial charge in [-0.3, -0.25) is 4.90 Å². The van der Waals surface area contributed by atoms with Gasteiger partial charge in [-0.25, -0.2) is 0 Å². The van der Waals surface area contributed by atoms with Crippen LogP contribution in [0.5, 0.6) is 0 Å². The highest BCUT2D eigenvalue weighted by molar-refractivity contribution is 4.81. The molecule has 2 unspecified atom stereocenters. The van der Waals surface area contributed by atoms with Gasteiger partial charge in [-0.15, -0.1) is 0 Å². The largest absolute Gasteiger partial charge is 0.372 e. The Morgan fingerprint density at radius 1 is 1.17 bits per heavy atom. The normalized spacial score (nSPS) is 33.0. The van der Waals surface area contributed by atoms with Gasteiger partial charge in [0.25, 0.3) is 0 Å². The van der Waals surface area contributed by atoms with Crippen LogP contribution in [0.4, 0.5) is 0 Å². The Hall–Kier alpha value is -0.120. The first-order valence-corrected chi connectivity index (χ1v) is 4.73. The maximum Gasteiger partial charge on any atom is 0.0936 e. The van der Waals surface area contributed by atoms with Gasteiger partial charge in [0, 0.05) is 19.1 Å². The van der Waals surface area contributed by atoms with Crippen molar-refractivity contribution in [2.45, 2.75) is 32.1 Å². The van der Waals surface area contributed by atoms with Gasteiger partial charge >= 0.3 is 0 Å². The average Bonchev–Trinajstić information content (AvgIpc) is 2.78. The van der Waals surface area contributed by atoms with Crippen molar-refractivity contribution < 1.29 is 9.47 Å². The van der Waals surface area contributed by atoms with Crippen molar-refractivity contribution in [3.8, 4) is 0 Å². The fourth-order valence-electron chi connectivity index (χ4n) is 1.37. The van der Waals surface area contributed by atoms with Crippen LogP contribution in [0.15, 0.2) is 0 Å². The quantitative estimate of drug-likeness (QED) is 0.564. The molecule has 0 saturated carbocycles. The number of epoxide rings is 2. The van der Waals surface area contributed by atoms with E-state index in [2.05, 4.69) is 18.7 Å². The molecule has 0 N–H and O–H groups in total. The number of ether oxygens (including phenoxy) is 2. The summed E-state index contributed by atoms with van der Waals surface area (Å²) in [6.07, 6.45) is 1.01. The number of hydrogen-bond acceptors (Lipinski definition) is 3. The van der Waals surface area contributed by atoms with Crippen LogP contribution in [0.2, 0.25) is 0 Å². The first-order valence-electron chi connectivity index (χ1n) is 4.73. The number of rotatable bonds is 5. The van der Waals surface area contributed by atoms with Gasteiger partial charge in [-0.05, 0) is 13.8 Å². The molecule has 2 rings (SSSR count). The Labute approximate surface area is 73.6 Å². The second-order valence-corrected chi connectivity index (χ2v) is 3.96.